The summed E-state index contributed by atoms with van der Waals surface area (Å²) in [5.41, 5.74) is 9.10. The molecule has 4 aromatic carbocycles. The number of halogens is 6. The summed E-state index contributed by atoms with van der Waals surface area (Å²) in [5, 5.41) is 33.7. The van der Waals surface area contributed by atoms with Gasteiger partial charge in [0.2, 0.25) is 0 Å². The van der Waals surface area contributed by atoms with Crippen molar-refractivity contribution in [2.75, 3.05) is 25.6 Å². The SMILES string of the molecule is CSc1cc(CN2CCCC[C@H]2C(=O)O)ccc1OCc1cccc(-c2cccc(COc3ccc(CN4CCCC[C@H]4C(=O)O)cc3SC)c2C)c1C.O=C(O)C(F)(F)F.O=C(O)C(F)(F)F. The zero-order valence-electron chi connectivity index (χ0n) is 37.8. The Bertz CT molecular complexity index is 2220. The second-order valence-electron chi connectivity index (χ2n) is 16.0. The maximum absolute atomic E-state index is 11.8. The molecule has 0 saturated carbocycles. The lowest BCUT2D eigenvalue weighted by molar-refractivity contribution is -0.193. The van der Waals surface area contributed by atoms with E-state index >= 15 is 0 Å². The van der Waals surface area contributed by atoms with Crippen LogP contribution in [0, 0.1) is 13.8 Å². The molecule has 2 saturated heterocycles. The Balaban J connectivity index is 0.000000626. The van der Waals surface area contributed by atoms with Gasteiger partial charge < -0.3 is 29.9 Å². The number of piperidine rings is 2. The maximum Gasteiger partial charge on any atom is 0.490 e. The van der Waals surface area contributed by atoms with Gasteiger partial charge in [0.25, 0.3) is 0 Å². The molecule has 20 heteroatoms. The van der Waals surface area contributed by atoms with E-state index in [2.05, 4.69) is 84.3 Å². The number of carboxylic acid groups (broad SMARTS) is 4. The number of thioether (sulfide) groups is 2. The number of ether oxygens (including phenoxy) is 2. The molecule has 6 rings (SSSR count). The van der Waals surface area contributed by atoms with Crippen LogP contribution in [0.2, 0.25) is 0 Å². The highest BCUT2D eigenvalue weighted by molar-refractivity contribution is 7.99. The molecule has 4 aromatic rings. The monoisotopic (exact) mass is 996 g/mol. The van der Waals surface area contributed by atoms with Crippen LogP contribution in [0.15, 0.2) is 82.6 Å². The van der Waals surface area contributed by atoms with Crippen molar-refractivity contribution in [3.63, 3.8) is 0 Å². The summed E-state index contributed by atoms with van der Waals surface area (Å²) in [7, 11) is 0. The Morgan fingerprint density at radius 3 is 1.25 bits per heavy atom. The number of carboxylic acids is 4. The molecule has 0 spiro atoms. The fourth-order valence-corrected chi connectivity index (χ4v) is 9.02. The van der Waals surface area contributed by atoms with Crippen molar-refractivity contribution in [3.05, 3.63) is 106 Å². The first kappa shape index (κ1) is 55.2. The average molecular weight is 997 g/mol. The third-order valence-corrected chi connectivity index (χ3v) is 13.0. The average Bonchev–Trinajstić information content (AvgIpc) is 3.29. The van der Waals surface area contributed by atoms with E-state index in [4.69, 9.17) is 29.3 Å². The predicted octanol–water partition coefficient (Wildman–Crippen LogP) is 10.7. The van der Waals surface area contributed by atoms with E-state index in [1.807, 2.05) is 24.6 Å². The van der Waals surface area contributed by atoms with Gasteiger partial charge in [0.05, 0.1) is 0 Å². The highest BCUT2D eigenvalue weighted by Crippen LogP contribution is 2.35. The predicted molar refractivity (Wildman–Crippen MR) is 245 cm³/mol. The Hall–Kier alpha value is -5.44. The van der Waals surface area contributed by atoms with E-state index in [1.54, 1.807) is 23.5 Å². The van der Waals surface area contributed by atoms with Crippen LogP contribution in [0.5, 0.6) is 11.5 Å². The summed E-state index contributed by atoms with van der Waals surface area (Å²) in [6.07, 6.45) is -0.682. The molecule has 0 aliphatic carbocycles. The number of aliphatic carboxylic acids is 4. The van der Waals surface area contributed by atoms with Gasteiger partial charge in [0.1, 0.15) is 36.8 Å². The third-order valence-electron chi connectivity index (χ3n) is 11.5. The van der Waals surface area contributed by atoms with Gasteiger partial charge in [-0.2, -0.15) is 26.3 Å². The van der Waals surface area contributed by atoms with Gasteiger partial charge in [0, 0.05) is 22.9 Å². The summed E-state index contributed by atoms with van der Waals surface area (Å²) in [6, 6.07) is 24.4. The first-order valence-electron chi connectivity index (χ1n) is 21.4. The molecule has 370 valence electrons. The van der Waals surface area contributed by atoms with Crippen LogP contribution in [-0.4, -0.2) is 104 Å². The lowest BCUT2D eigenvalue weighted by Crippen LogP contribution is -2.43. The highest BCUT2D eigenvalue weighted by atomic mass is 32.2. The maximum atomic E-state index is 11.8. The molecule has 2 aliphatic rings. The Labute approximate surface area is 398 Å². The van der Waals surface area contributed by atoms with E-state index in [1.165, 1.54) is 11.1 Å². The summed E-state index contributed by atoms with van der Waals surface area (Å²) in [4.78, 5) is 47.7. The van der Waals surface area contributed by atoms with Gasteiger partial charge in [-0.15, -0.1) is 23.5 Å². The van der Waals surface area contributed by atoms with Crippen molar-refractivity contribution in [3.8, 4) is 22.6 Å². The largest absolute Gasteiger partial charge is 0.490 e. The van der Waals surface area contributed by atoms with Crippen LogP contribution in [0.4, 0.5) is 26.3 Å². The van der Waals surface area contributed by atoms with Gasteiger partial charge >= 0.3 is 36.2 Å². The molecule has 0 radical (unpaired) electrons. The van der Waals surface area contributed by atoms with Crippen molar-refractivity contribution in [1.82, 2.24) is 9.80 Å². The van der Waals surface area contributed by atoms with Gasteiger partial charge in [-0.05, 0) is 134 Å². The van der Waals surface area contributed by atoms with Crippen LogP contribution in [0.1, 0.15) is 71.9 Å². The fourth-order valence-electron chi connectivity index (χ4n) is 7.82. The van der Waals surface area contributed by atoms with E-state index in [0.29, 0.717) is 39.1 Å². The quantitative estimate of drug-likeness (QED) is 0.0654. The van der Waals surface area contributed by atoms with Crippen molar-refractivity contribution in [2.24, 2.45) is 0 Å². The zero-order valence-corrected chi connectivity index (χ0v) is 39.4. The lowest BCUT2D eigenvalue weighted by Gasteiger charge is -2.33. The minimum Gasteiger partial charge on any atom is -0.488 e. The summed E-state index contributed by atoms with van der Waals surface area (Å²) in [6.45, 7) is 8.03. The smallest absolute Gasteiger partial charge is 0.488 e. The van der Waals surface area contributed by atoms with Crippen LogP contribution in [-0.2, 0) is 45.5 Å². The zero-order chi connectivity index (χ0) is 50.3. The molecule has 0 aromatic heterocycles. The molecule has 2 fully saturated rings. The van der Waals surface area contributed by atoms with Crippen molar-refractivity contribution in [2.45, 2.75) is 113 Å². The van der Waals surface area contributed by atoms with E-state index in [9.17, 15) is 46.1 Å². The van der Waals surface area contributed by atoms with Crippen LogP contribution >= 0.6 is 23.5 Å². The highest BCUT2D eigenvalue weighted by Gasteiger charge is 2.39. The lowest BCUT2D eigenvalue weighted by atomic mass is 9.92. The molecule has 12 nitrogen and oxygen atoms in total. The van der Waals surface area contributed by atoms with Crippen molar-refractivity contribution < 1.29 is 75.4 Å². The number of benzene rings is 4. The number of hydrogen-bond donors (Lipinski definition) is 4. The first-order chi connectivity index (χ1) is 32.0. The second-order valence-corrected chi connectivity index (χ2v) is 17.7. The molecule has 2 atom stereocenters. The number of alkyl halides is 6. The number of nitrogens with zero attached hydrogens (tertiary/aromatic N) is 2. The van der Waals surface area contributed by atoms with Crippen LogP contribution in [0.3, 0.4) is 0 Å². The summed E-state index contributed by atoms with van der Waals surface area (Å²) >= 11 is 3.28. The first-order valence-corrected chi connectivity index (χ1v) is 23.8. The standard InChI is InChI=1S/C44H52N2O6S2.2C2HF3O2/c1-29-33(27-51-39-19-17-31(23-41(39)53-3)25-45-21-7-5-15-37(45)43(47)48)11-9-13-35(29)36-14-10-12-34(30(36)2)28-52-40-20-18-32(24-42(40)54-4)26-46-22-8-6-16-38(46)44(49)50;2*3-2(4,5)1(6)7/h9-14,17-20,23-24,37-38H,5-8,15-16,21-22,25-28H2,1-4H3,(H,47,48)(H,49,50);2*(H,6,7)/t37-,38-;;/m0../s1. The third kappa shape index (κ3) is 15.8. The molecule has 2 aliphatic heterocycles. The van der Waals surface area contributed by atoms with Gasteiger partial charge in [0.15, 0.2) is 0 Å². The molecule has 0 unspecified atom stereocenters. The fraction of sp³-hybridized carbons (Fsp3) is 0.417. The number of rotatable bonds is 15. The minimum atomic E-state index is -5.08. The van der Waals surface area contributed by atoms with Crippen molar-refractivity contribution in [1.29, 1.82) is 0 Å². The molecule has 0 amide bonds. The van der Waals surface area contributed by atoms with Gasteiger partial charge in [-0.3, -0.25) is 19.4 Å². The van der Waals surface area contributed by atoms with Crippen molar-refractivity contribution >= 4 is 47.4 Å². The molecular weight excluding hydrogens is 943 g/mol. The van der Waals surface area contributed by atoms with Crippen LogP contribution in [0.25, 0.3) is 11.1 Å². The van der Waals surface area contributed by atoms with E-state index in [0.717, 1.165) is 93.4 Å². The summed E-state index contributed by atoms with van der Waals surface area (Å²) < 4.78 is 76.4. The number of hydrogen-bond acceptors (Lipinski definition) is 10. The second kappa shape index (κ2) is 25.2. The molecule has 68 heavy (non-hydrogen) atoms. The minimum absolute atomic E-state index is 0.419. The topological polar surface area (TPSA) is 174 Å². The number of likely N-dealkylation sites (tertiary alicyclic amines) is 2. The normalized spacial score (nSPS) is 16.6. The van der Waals surface area contributed by atoms with E-state index in [-0.39, 0.29) is 0 Å². The Kier molecular flexibility index (Phi) is 20.5. The van der Waals surface area contributed by atoms with Gasteiger partial charge in [-0.1, -0.05) is 61.4 Å². The van der Waals surface area contributed by atoms with E-state index < -0.39 is 48.3 Å². The van der Waals surface area contributed by atoms with Crippen LogP contribution < -0.4 is 9.47 Å². The number of carbonyl (C=O) groups is 4. The Morgan fingerprint density at radius 2 is 0.941 bits per heavy atom. The summed E-state index contributed by atoms with van der Waals surface area (Å²) in [5.74, 6) is -5.33. The molecular formula is C48H54F6N2O10S2. The molecule has 4 N–H and O–H groups in total. The Morgan fingerprint density at radius 1 is 0.588 bits per heavy atom. The molecule has 2 heterocycles. The van der Waals surface area contributed by atoms with Gasteiger partial charge in [-0.25, -0.2) is 9.59 Å². The molecule has 0 bridgehead atoms.